The molecular formula is C22H23N3O3. The SMILES string of the molecule is O=C(O)/C=C/c1cccc(C(=O)CCc2cccc(NC3=NCCCN3)c2)c1. The van der Waals surface area contributed by atoms with Gasteiger partial charge in [-0.2, -0.15) is 0 Å². The van der Waals surface area contributed by atoms with Crippen LogP contribution < -0.4 is 10.6 Å². The van der Waals surface area contributed by atoms with Crippen molar-refractivity contribution in [3.8, 4) is 0 Å². The molecule has 144 valence electrons. The second kappa shape index (κ2) is 9.50. The summed E-state index contributed by atoms with van der Waals surface area (Å²) in [5, 5.41) is 15.2. The Hall–Kier alpha value is -3.41. The van der Waals surface area contributed by atoms with E-state index in [0.717, 1.165) is 42.8 Å². The minimum absolute atomic E-state index is 0.0299. The second-order valence-corrected chi connectivity index (χ2v) is 6.56. The van der Waals surface area contributed by atoms with Gasteiger partial charge in [-0.3, -0.25) is 9.79 Å². The number of Topliss-reactive ketones (excluding diaryl/α,β-unsaturated/α-hetero) is 1. The van der Waals surface area contributed by atoms with Crippen LogP contribution in [0.25, 0.3) is 6.08 Å². The minimum Gasteiger partial charge on any atom is -0.478 e. The van der Waals surface area contributed by atoms with Crippen molar-refractivity contribution in [2.75, 3.05) is 18.4 Å². The zero-order valence-corrected chi connectivity index (χ0v) is 15.5. The molecule has 2 aromatic rings. The van der Waals surface area contributed by atoms with Crippen molar-refractivity contribution in [1.82, 2.24) is 5.32 Å². The van der Waals surface area contributed by atoms with Crippen molar-refractivity contribution >= 4 is 29.5 Å². The highest BCUT2D eigenvalue weighted by Gasteiger charge is 2.08. The van der Waals surface area contributed by atoms with Gasteiger partial charge in [0.25, 0.3) is 0 Å². The van der Waals surface area contributed by atoms with Gasteiger partial charge in [0, 0.05) is 36.8 Å². The molecule has 0 unspecified atom stereocenters. The molecule has 0 radical (unpaired) electrons. The normalized spacial score (nSPS) is 13.6. The molecule has 1 heterocycles. The van der Waals surface area contributed by atoms with E-state index in [9.17, 15) is 9.59 Å². The Balaban J connectivity index is 1.60. The highest BCUT2D eigenvalue weighted by Crippen LogP contribution is 2.15. The van der Waals surface area contributed by atoms with Crippen molar-refractivity contribution in [3.63, 3.8) is 0 Å². The summed E-state index contributed by atoms with van der Waals surface area (Å²) in [7, 11) is 0. The molecule has 0 bridgehead atoms. The molecule has 1 aliphatic rings. The van der Waals surface area contributed by atoms with E-state index in [1.165, 1.54) is 6.08 Å². The van der Waals surface area contributed by atoms with Crippen LogP contribution in [0.5, 0.6) is 0 Å². The zero-order chi connectivity index (χ0) is 19.8. The molecular weight excluding hydrogens is 354 g/mol. The molecule has 6 heteroatoms. The van der Waals surface area contributed by atoms with Gasteiger partial charge in [-0.1, -0.05) is 30.3 Å². The van der Waals surface area contributed by atoms with Crippen LogP contribution in [0.3, 0.4) is 0 Å². The molecule has 0 aromatic heterocycles. The Morgan fingerprint density at radius 2 is 2.04 bits per heavy atom. The molecule has 2 aromatic carbocycles. The number of anilines is 1. The zero-order valence-electron chi connectivity index (χ0n) is 15.5. The van der Waals surface area contributed by atoms with Gasteiger partial charge in [-0.15, -0.1) is 0 Å². The number of aliphatic imine (C=N–C) groups is 1. The van der Waals surface area contributed by atoms with Crippen LogP contribution in [0.1, 0.15) is 34.3 Å². The number of hydrogen-bond donors (Lipinski definition) is 3. The first kappa shape index (κ1) is 19.4. The number of nitrogens with one attached hydrogen (secondary N) is 2. The molecule has 1 aliphatic heterocycles. The lowest BCUT2D eigenvalue weighted by Crippen LogP contribution is -2.35. The molecule has 3 rings (SSSR count). The van der Waals surface area contributed by atoms with E-state index in [2.05, 4.69) is 15.6 Å². The monoisotopic (exact) mass is 377 g/mol. The molecule has 3 N–H and O–H groups in total. The van der Waals surface area contributed by atoms with Gasteiger partial charge in [0.1, 0.15) is 0 Å². The topological polar surface area (TPSA) is 90.8 Å². The van der Waals surface area contributed by atoms with Crippen molar-refractivity contribution in [2.45, 2.75) is 19.3 Å². The number of carbonyl (C=O) groups excluding carboxylic acids is 1. The van der Waals surface area contributed by atoms with Crippen molar-refractivity contribution in [2.24, 2.45) is 4.99 Å². The predicted octanol–water partition coefficient (Wildman–Crippen LogP) is 3.36. The summed E-state index contributed by atoms with van der Waals surface area (Å²) in [6.07, 6.45) is 4.60. The van der Waals surface area contributed by atoms with Gasteiger partial charge in [0.15, 0.2) is 11.7 Å². The van der Waals surface area contributed by atoms with Crippen molar-refractivity contribution < 1.29 is 14.7 Å². The third kappa shape index (κ3) is 5.81. The van der Waals surface area contributed by atoms with E-state index in [-0.39, 0.29) is 5.78 Å². The lowest BCUT2D eigenvalue weighted by atomic mass is 10.0. The lowest BCUT2D eigenvalue weighted by molar-refractivity contribution is -0.131. The van der Waals surface area contributed by atoms with Crippen LogP contribution in [0.4, 0.5) is 5.69 Å². The van der Waals surface area contributed by atoms with E-state index in [0.29, 0.717) is 24.0 Å². The number of aliphatic carboxylic acids is 1. The van der Waals surface area contributed by atoms with Gasteiger partial charge in [0.2, 0.25) is 0 Å². The molecule has 28 heavy (non-hydrogen) atoms. The Morgan fingerprint density at radius 1 is 1.18 bits per heavy atom. The van der Waals surface area contributed by atoms with Crippen LogP contribution in [0.15, 0.2) is 59.6 Å². The largest absolute Gasteiger partial charge is 0.478 e. The lowest BCUT2D eigenvalue weighted by Gasteiger charge is -2.16. The molecule has 0 fully saturated rings. The summed E-state index contributed by atoms with van der Waals surface area (Å²) in [4.78, 5) is 27.6. The van der Waals surface area contributed by atoms with Crippen LogP contribution in [0.2, 0.25) is 0 Å². The number of carboxylic acid groups (broad SMARTS) is 1. The summed E-state index contributed by atoms with van der Waals surface area (Å²) < 4.78 is 0. The maximum atomic E-state index is 12.5. The Labute approximate surface area is 164 Å². The van der Waals surface area contributed by atoms with Gasteiger partial charge in [-0.25, -0.2) is 4.79 Å². The minimum atomic E-state index is -1.01. The fourth-order valence-corrected chi connectivity index (χ4v) is 2.94. The standard InChI is InChI=1S/C22H23N3O3/c26-20(18-6-1-4-16(14-18)9-11-21(27)28)10-8-17-5-2-7-19(15-17)25-22-23-12-3-13-24-22/h1-2,4-7,9,11,14-15H,3,8,10,12-13H2,(H,27,28)(H2,23,24,25)/b11-9+. The average Bonchev–Trinajstić information content (AvgIpc) is 2.72. The van der Waals surface area contributed by atoms with Crippen molar-refractivity contribution in [3.05, 3.63) is 71.3 Å². The summed E-state index contributed by atoms with van der Waals surface area (Å²) in [6, 6.07) is 15.0. The van der Waals surface area contributed by atoms with Gasteiger partial charge < -0.3 is 15.7 Å². The van der Waals surface area contributed by atoms with Crippen LogP contribution in [0, 0.1) is 0 Å². The Morgan fingerprint density at radius 3 is 2.82 bits per heavy atom. The van der Waals surface area contributed by atoms with Crippen molar-refractivity contribution in [1.29, 1.82) is 0 Å². The Bertz CT molecular complexity index is 919. The number of nitrogens with zero attached hydrogens (tertiary/aromatic N) is 1. The first-order chi connectivity index (χ1) is 13.6. The van der Waals surface area contributed by atoms with Gasteiger partial charge >= 0.3 is 5.97 Å². The van der Waals surface area contributed by atoms with Crippen LogP contribution in [-0.4, -0.2) is 35.9 Å². The smallest absolute Gasteiger partial charge is 0.328 e. The Kier molecular flexibility index (Phi) is 6.57. The summed E-state index contributed by atoms with van der Waals surface area (Å²) in [5.74, 6) is -0.201. The first-order valence-electron chi connectivity index (χ1n) is 9.29. The highest BCUT2D eigenvalue weighted by atomic mass is 16.4. The number of guanidine groups is 1. The summed E-state index contributed by atoms with van der Waals surface area (Å²) in [5.41, 5.74) is 3.29. The molecule has 6 nitrogen and oxygen atoms in total. The molecule has 0 spiro atoms. The number of aryl methyl sites for hydroxylation is 1. The van der Waals surface area contributed by atoms with Crippen LogP contribution >= 0.6 is 0 Å². The van der Waals surface area contributed by atoms with E-state index in [1.807, 2.05) is 24.3 Å². The van der Waals surface area contributed by atoms with E-state index >= 15 is 0 Å². The van der Waals surface area contributed by atoms with Crippen LogP contribution in [-0.2, 0) is 11.2 Å². The van der Waals surface area contributed by atoms with Gasteiger partial charge in [-0.05, 0) is 48.2 Å². The third-order valence-corrected chi connectivity index (χ3v) is 4.35. The first-order valence-corrected chi connectivity index (χ1v) is 9.29. The molecule has 0 amide bonds. The average molecular weight is 377 g/mol. The van der Waals surface area contributed by atoms with Gasteiger partial charge in [0.05, 0.1) is 0 Å². The number of carboxylic acids is 1. The molecule has 0 aliphatic carbocycles. The number of ketones is 1. The number of rotatable bonds is 7. The molecule has 0 saturated heterocycles. The summed E-state index contributed by atoms with van der Waals surface area (Å²) in [6.45, 7) is 1.74. The second-order valence-electron chi connectivity index (χ2n) is 6.56. The number of carbonyl (C=O) groups is 2. The predicted molar refractivity (Wildman–Crippen MR) is 111 cm³/mol. The molecule has 0 atom stereocenters. The highest BCUT2D eigenvalue weighted by molar-refractivity contribution is 5.97. The number of benzene rings is 2. The van der Waals surface area contributed by atoms with E-state index in [4.69, 9.17) is 5.11 Å². The maximum absolute atomic E-state index is 12.5. The fourth-order valence-electron chi connectivity index (χ4n) is 2.94. The van der Waals surface area contributed by atoms with E-state index in [1.54, 1.807) is 24.3 Å². The third-order valence-electron chi connectivity index (χ3n) is 4.35. The summed E-state index contributed by atoms with van der Waals surface area (Å²) >= 11 is 0. The van der Waals surface area contributed by atoms with E-state index < -0.39 is 5.97 Å². The quantitative estimate of drug-likeness (QED) is 0.508. The molecule has 0 saturated carbocycles. The fraction of sp³-hybridized carbons (Fsp3) is 0.227. The maximum Gasteiger partial charge on any atom is 0.328 e. The number of hydrogen-bond acceptors (Lipinski definition) is 5.